The van der Waals surface area contributed by atoms with Crippen LogP contribution in [0.5, 0.6) is 0 Å². The van der Waals surface area contributed by atoms with E-state index in [9.17, 15) is 18.0 Å². The summed E-state index contributed by atoms with van der Waals surface area (Å²) in [6, 6.07) is 22.7. The van der Waals surface area contributed by atoms with E-state index in [1.165, 1.54) is 4.31 Å². The first-order chi connectivity index (χ1) is 18.1. The number of piperidine rings is 1. The highest BCUT2D eigenvalue weighted by atomic mass is 79.9. The molecule has 0 saturated carbocycles. The van der Waals surface area contributed by atoms with E-state index >= 15 is 0 Å². The highest BCUT2D eigenvalue weighted by molar-refractivity contribution is 9.11. The van der Waals surface area contributed by atoms with Gasteiger partial charge in [-0.05, 0) is 70.6 Å². The maximum Gasteiger partial charge on any atom is 0.309 e. The topological polar surface area (TPSA) is 92.8 Å². The second-order valence-corrected chi connectivity index (χ2v) is 12.8. The highest BCUT2D eigenvalue weighted by Crippen LogP contribution is 2.31. The average molecular weight is 664 g/mol. The number of esters is 1. The standard InChI is InChI=1S/C28H28Br2N2O5S/c1-19(20-7-9-22(10-8-20)21-5-3-2-4-6-21)31-27(33)18-37-28(34)23-13-15-32(16-14-23)38(35,36)26-17-24(29)11-12-25(26)30/h2-12,17,19,23H,13-16,18H2,1H3,(H,31,33). The summed E-state index contributed by atoms with van der Waals surface area (Å²) >= 11 is 6.62. The largest absolute Gasteiger partial charge is 0.455 e. The zero-order chi connectivity index (χ0) is 27.3. The van der Waals surface area contributed by atoms with Crippen molar-refractivity contribution in [2.45, 2.75) is 30.7 Å². The summed E-state index contributed by atoms with van der Waals surface area (Å²) in [6.45, 7) is 1.89. The van der Waals surface area contributed by atoms with E-state index in [0.29, 0.717) is 21.8 Å². The minimum atomic E-state index is -3.71. The molecular formula is C28H28Br2N2O5S. The Kier molecular flexibility index (Phi) is 9.40. The van der Waals surface area contributed by atoms with Crippen LogP contribution in [0, 0.1) is 5.92 Å². The summed E-state index contributed by atoms with van der Waals surface area (Å²) in [5.74, 6) is -1.33. The molecule has 1 aliphatic rings. The summed E-state index contributed by atoms with van der Waals surface area (Å²) in [5, 5.41) is 2.86. The fraction of sp³-hybridized carbons (Fsp3) is 0.286. The van der Waals surface area contributed by atoms with Crippen LogP contribution in [0.2, 0.25) is 0 Å². The predicted molar refractivity (Wildman–Crippen MR) is 153 cm³/mol. The molecule has 0 radical (unpaired) electrons. The van der Waals surface area contributed by atoms with E-state index in [1.54, 1.807) is 18.2 Å². The third-order valence-electron chi connectivity index (χ3n) is 6.54. The molecule has 1 atom stereocenters. The molecule has 38 heavy (non-hydrogen) atoms. The summed E-state index contributed by atoms with van der Waals surface area (Å²) < 4.78 is 33.9. The van der Waals surface area contributed by atoms with Crippen LogP contribution >= 0.6 is 31.9 Å². The van der Waals surface area contributed by atoms with Crippen molar-refractivity contribution in [3.05, 3.63) is 87.3 Å². The van der Waals surface area contributed by atoms with E-state index in [4.69, 9.17) is 4.74 Å². The van der Waals surface area contributed by atoms with Gasteiger partial charge in [-0.25, -0.2) is 8.42 Å². The van der Waals surface area contributed by atoms with Crippen LogP contribution in [-0.2, 0) is 24.3 Å². The lowest BCUT2D eigenvalue weighted by molar-refractivity contribution is -0.153. The van der Waals surface area contributed by atoms with E-state index in [0.717, 1.165) is 16.7 Å². The van der Waals surface area contributed by atoms with Gasteiger partial charge < -0.3 is 10.1 Å². The summed E-state index contributed by atoms with van der Waals surface area (Å²) in [4.78, 5) is 25.2. The van der Waals surface area contributed by atoms with Gasteiger partial charge in [0.25, 0.3) is 5.91 Å². The third kappa shape index (κ3) is 6.91. The smallest absolute Gasteiger partial charge is 0.309 e. The van der Waals surface area contributed by atoms with Crippen LogP contribution in [0.1, 0.15) is 31.4 Å². The number of ether oxygens (including phenoxy) is 1. The molecule has 1 fully saturated rings. The maximum absolute atomic E-state index is 13.1. The van der Waals surface area contributed by atoms with Gasteiger partial charge >= 0.3 is 5.97 Å². The molecule has 1 heterocycles. The number of carbonyl (C=O) groups excluding carboxylic acids is 2. The molecule has 3 aromatic rings. The lowest BCUT2D eigenvalue weighted by Gasteiger charge is -2.30. The van der Waals surface area contributed by atoms with Crippen LogP contribution in [0.25, 0.3) is 11.1 Å². The van der Waals surface area contributed by atoms with Crippen LogP contribution in [0.4, 0.5) is 0 Å². The monoisotopic (exact) mass is 662 g/mol. The molecule has 0 aromatic heterocycles. The van der Waals surface area contributed by atoms with E-state index in [2.05, 4.69) is 37.2 Å². The number of nitrogens with one attached hydrogen (secondary N) is 1. The Morgan fingerprint density at radius 1 is 0.974 bits per heavy atom. The minimum absolute atomic E-state index is 0.174. The molecule has 1 amide bonds. The SMILES string of the molecule is CC(NC(=O)COC(=O)C1CCN(S(=O)(=O)c2cc(Br)ccc2Br)CC1)c1ccc(-c2ccccc2)cc1. The Labute approximate surface area is 239 Å². The summed E-state index contributed by atoms with van der Waals surface area (Å²) in [7, 11) is -3.71. The average Bonchev–Trinajstić information content (AvgIpc) is 2.93. The molecule has 1 unspecified atom stereocenters. The van der Waals surface area contributed by atoms with Gasteiger partial charge in [0.2, 0.25) is 10.0 Å². The molecule has 3 aromatic carbocycles. The van der Waals surface area contributed by atoms with Crippen LogP contribution in [0.15, 0.2) is 86.6 Å². The van der Waals surface area contributed by atoms with Crippen molar-refractivity contribution in [2.24, 2.45) is 5.92 Å². The number of hydrogen-bond donors (Lipinski definition) is 1. The molecule has 0 spiro atoms. The van der Waals surface area contributed by atoms with Gasteiger partial charge in [0.1, 0.15) is 0 Å². The lowest BCUT2D eigenvalue weighted by Crippen LogP contribution is -2.41. The summed E-state index contributed by atoms with van der Waals surface area (Å²) in [6.07, 6.45) is 0.658. The molecule has 7 nitrogen and oxygen atoms in total. The Bertz CT molecular complexity index is 1390. The fourth-order valence-electron chi connectivity index (χ4n) is 4.36. The quantitative estimate of drug-likeness (QED) is 0.312. The highest BCUT2D eigenvalue weighted by Gasteiger charge is 2.34. The lowest BCUT2D eigenvalue weighted by atomic mass is 9.98. The van der Waals surface area contributed by atoms with Crippen LogP contribution < -0.4 is 5.32 Å². The predicted octanol–water partition coefficient (Wildman–Crippen LogP) is 5.70. The molecule has 1 aliphatic heterocycles. The van der Waals surface area contributed by atoms with Crippen molar-refractivity contribution >= 4 is 53.8 Å². The van der Waals surface area contributed by atoms with Gasteiger partial charge in [-0.3, -0.25) is 9.59 Å². The Hall–Kier alpha value is -2.53. The first kappa shape index (κ1) is 28.5. The third-order valence-corrected chi connectivity index (χ3v) is 9.92. The van der Waals surface area contributed by atoms with Gasteiger partial charge in [-0.15, -0.1) is 0 Å². The number of nitrogens with zero attached hydrogens (tertiary/aromatic N) is 1. The molecule has 0 bridgehead atoms. The van der Waals surface area contributed by atoms with E-state index in [-0.39, 0.29) is 30.6 Å². The van der Waals surface area contributed by atoms with Gasteiger partial charge in [0.15, 0.2) is 6.61 Å². The van der Waals surface area contributed by atoms with Gasteiger partial charge in [-0.2, -0.15) is 4.31 Å². The number of benzene rings is 3. The fourth-order valence-corrected chi connectivity index (χ4v) is 7.29. The molecule has 4 rings (SSSR count). The minimum Gasteiger partial charge on any atom is -0.455 e. The van der Waals surface area contributed by atoms with Gasteiger partial charge in [0.05, 0.1) is 16.9 Å². The zero-order valence-electron chi connectivity index (χ0n) is 20.8. The number of amides is 1. The zero-order valence-corrected chi connectivity index (χ0v) is 24.8. The number of rotatable bonds is 8. The number of halogens is 2. The summed E-state index contributed by atoms with van der Waals surface area (Å²) in [5.41, 5.74) is 3.15. The van der Waals surface area contributed by atoms with Crippen molar-refractivity contribution in [1.82, 2.24) is 9.62 Å². The van der Waals surface area contributed by atoms with Crippen molar-refractivity contribution in [3.8, 4) is 11.1 Å². The van der Waals surface area contributed by atoms with Crippen molar-refractivity contribution in [3.63, 3.8) is 0 Å². The maximum atomic E-state index is 13.1. The van der Waals surface area contributed by atoms with Crippen molar-refractivity contribution in [2.75, 3.05) is 19.7 Å². The molecule has 10 heteroatoms. The molecule has 200 valence electrons. The molecule has 0 aliphatic carbocycles. The number of sulfonamides is 1. The molecular weight excluding hydrogens is 636 g/mol. The van der Waals surface area contributed by atoms with E-state index < -0.39 is 27.8 Å². The Morgan fingerprint density at radius 2 is 1.61 bits per heavy atom. The van der Waals surface area contributed by atoms with Crippen molar-refractivity contribution < 1.29 is 22.7 Å². The molecule has 1 saturated heterocycles. The Morgan fingerprint density at radius 3 is 2.26 bits per heavy atom. The second kappa shape index (κ2) is 12.5. The van der Waals surface area contributed by atoms with Gasteiger partial charge in [-0.1, -0.05) is 70.5 Å². The van der Waals surface area contributed by atoms with Crippen LogP contribution in [-0.4, -0.2) is 44.3 Å². The second-order valence-electron chi connectivity index (χ2n) is 9.14. The van der Waals surface area contributed by atoms with Gasteiger partial charge in [0, 0.05) is 22.0 Å². The van der Waals surface area contributed by atoms with Crippen LogP contribution in [0.3, 0.4) is 0 Å². The number of hydrogen-bond acceptors (Lipinski definition) is 5. The first-order valence-corrected chi connectivity index (χ1v) is 15.2. The number of carbonyl (C=O) groups is 2. The normalized spacial score (nSPS) is 15.6. The first-order valence-electron chi connectivity index (χ1n) is 12.2. The van der Waals surface area contributed by atoms with Crippen molar-refractivity contribution in [1.29, 1.82) is 0 Å². The van der Waals surface area contributed by atoms with E-state index in [1.807, 2.05) is 61.5 Å². The molecule has 1 N–H and O–H groups in total. The Balaban J connectivity index is 1.24.